The highest BCUT2D eigenvalue weighted by molar-refractivity contribution is 5.81. The zero-order valence-corrected chi connectivity index (χ0v) is 9.72. The molecule has 9 heteroatoms. The maximum Gasteiger partial charge on any atom is 0.167 e. The molecule has 4 N–H and O–H groups in total. The molecular weight excluding hydrogens is 257 g/mol. The molecule has 0 radical (unpaired) electrons. The van der Waals surface area contributed by atoms with Crippen molar-refractivity contribution in [1.29, 1.82) is 0 Å². The Morgan fingerprint density at radius 2 is 2.21 bits per heavy atom. The number of imidazole rings is 1. The van der Waals surface area contributed by atoms with E-state index >= 15 is 0 Å². The molecule has 0 amide bonds. The number of anilines is 1. The monoisotopic (exact) mass is 269 g/mol. The van der Waals surface area contributed by atoms with Crippen molar-refractivity contribution in [2.24, 2.45) is 0 Å². The van der Waals surface area contributed by atoms with E-state index < -0.39 is 31.2 Å². The number of rotatable bonds is 2. The van der Waals surface area contributed by atoms with Gasteiger partial charge in [0.1, 0.15) is 24.1 Å². The predicted octanol–water partition coefficient (Wildman–Crippen LogP) is -1.00. The van der Waals surface area contributed by atoms with Crippen LogP contribution in [0, 0.1) is 0 Å². The molecule has 0 saturated carbocycles. The number of aromatic nitrogens is 4. The number of halogens is 1. The van der Waals surface area contributed by atoms with Crippen molar-refractivity contribution in [2.45, 2.75) is 24.6 Å². The van der Waals surface area contributed by atoms with Crippen LogP contribution in [0.4, 0.5) is 10.2 Å². The first-order valence-corrected chi connectivity index (χ1v) is 5.65. The molecule has 3 rings (SSSR count). The zero-order chi connectivity index (χ0) is 13.6. The van der Waals surface area contributed by atoms with Crippen LogP contribution in [0.2, 0.25) is 0 Å². The van der Waals surface area contributed by atoms with Gasteiger partial charge in [0.2, 0.25) is 0 Å². The fraction of sp³-hybridized carbons (Fsp3) is 0.500. The van der Waals surface area contributed by atoms with E-state index in [0.717, 1.165) is 0 Å². The van der Waals surface area contributed by atoms with E-state index in [1.807, 2.05) is 0 Å². The summed E-state index contributed by atoms with van der Waals surface area (Å²) in [5.41, 5.74) is 6.32. The lowest BCUT2D eigenvalue weighted by Crippen LogP contribution is -2.29. The molecule has 3 unspecified atom stereocenters. The third-order valence-electron chi connectivity index (χ3n) is 3.13. The van der Waals surface area contributed by atoms with Gasteiger partial charge in [-0.05, 0) is 0 Å². The molecule has 1 saturated heterocycles. The first kappa shape index (κ1) is 12.2. The van der Waals surface area contributed by atoms with Crippen LogP contribution in [-0.4, -0.2) is 54.7 Å². The van der Waals surface area contributed by atoms with Gasteiger partial charge in [-0.25, -0.2) is 19.3 Å². The molecule has 2 aromatic rings. The number of hydrogen-bond acceptors (Lipinski definition) is 7. The summed E-state index contributed by atoms with van der Waals surface area (Å²) < 4.78 is 20.3. The van der Waals surface area contributed by atoms with Gasteiger partial charge in [-0.2, -0.15) is 0 Å². The van der Waals surface area contributed by atoms with Crippen molar-refractivity contribution in [3.05, 3.63) is 12.7 Å². The summed E-state index contributed by atoms with van der Waals surface area (Å²) in [5.74, 6) is 0.187. The number of ether oxygens (including phenoxy) is 1. The van der Waals surface area contributed by atoms with Crippen molar-refractivity contribution in [3.8, 4) is 0 Å². The number of fused-ring (bicyclic) bond motifs is 1. The van der Waals surface area contributed by atoms with Crippen molar-refractivity contribution in [3.63, 3.8) is 0 Å². The molecule has 3 heterocycles. The highest BCUT2D eigenvalue weighted by Crippen LogP contribution is 2.33. The van der Waals surface area contributed by atoms with E-state index in [1.165, 1.54) is 17.2 Å². The lowest BCUT2D eigenvalue weighted by Gasteiger charge is -2.15. The SMILES string of the molecule is Nc1ncnc2c1ncn2C1OC(CO)[C@H](F)C1O. The Morgan fingerprint density at radius 1 is 1.42 bits per heavy atom. The molecule has 102 valence electrons. The number of alkyl halides is 1. The summed E-state index contributed by atoms with van der Waals surface area (Å²) in [6.07, 6.45) is -2.58. The van der Waals surface area contributed by atoms with Crippen molar-refractivity contribution in [2.75, 3.05) is 12.3 Å². The molecule has 19 heavy (non-hydrogen) atoms. The standard InChI is InChI=1S/C10H12FN5O3/c11-5-4(1-17)19-10(7(5)18)16-3-15-6-8(12)13-2-14-9(6)16/h2-5,7,10,17-18H,1H2,(H2,12,13,14)/t4?,5-,7?,10?/m0/s1. The number of aliphatic hydroxyl groups is 2. The van der Waals surface area contributed by atoms with Gasteiger partial charge in [0.15, 0.2) is 23.9 Å². The Labute approximate surface area is 106 Å². The molecule has 0 aromatic carbocycles. The molecular formula is C10H12FN5O3. The molecule has 1 fully saturated rings. The van der Waals surface area contributed by atoms with Gasteiger partial charge in [0, 0.05) is 0 Å². The van der Waals surface area contributed by atoms with E-state index in [-0.39, 0.29) is 5.82 Å². The summed E-state index contributed by atoms with van der Waals surface area (Å²) in [6.45, 7) is -0.515. The van der Waals surface area contributed by atoms with Crippen LogP contribution in [0.3, 0.4) is 0 Å². The Morgan fingerprint density at radius 3 is 2.89 bits per heavy atom. The van der Waals surface area contributed by atoms with Crippen LogP contribution in [0.15, 0.2) is 12.7 Å². The zero-order valence-electron chi connectivity index (χ0n) is 9.72. The fourth-order valence-electron chi connectivity index (χ4n) is 2.14. The van der Waals surface area contributed by atoms with Gasteiger partial charge < -0.3 is 20.7 Å². The smallest absolute Gasteiger partial charge is 0.167 e. The fourth-order valence-corrected chi connectivity index (χ4v) is 2.14. The minimum atomic E-state index is -1.67. The van der Waals surface area contributed by atoms with Gasteiger partial charge in [-0.3, -0.25) is 4.57 Å². The van der Waals surface area contributed by atoms with E-state index in [0.29, 0.717) is 11.2 Å². The summed E-state index contributed by atoms with van der Waals surface area (Å²) in [6, 6.07) is 0. The number of nitrogens with two attached hydrogens (primary N) is 1. The number of hydrogen-bond donors (Lipinski definition) is 3. The molecule has 1 aliphatic heterocycles. The second-order valence-electron chi connectivity index (χ2n) is 4.27. The third kappa shape index (κ3) is 1.74. The van der Waals surface area contributed by atoms with Gasteiger partial charge in [-0.1, -0.05) is 0 Å². The Hall–Kier alpha value is -1.84. The molecule has 0 bridgehead atoms. The van der Waals surface area contributed by atoms with Crippen LogP contribution in [0.5, 0.6) is 0 Å². The highest BCUT2D eigenvalue weighted by Gasteiger charge is 2.45. The van der Waals surface area contributed by atoms with Crippen LogP contribution in [0.1, 0.15) is 6.23 Å². The largest absolute Gasteiger partial charge is 0.394 e. The molecule has 8 nitrogen and oxygen atoms in total. The van der Waals surface area contributed by atoms with Crippen molar-refractivity contribution < 1.29 is 19.3 Å². The average molecular weight is 269 g/mol. The van der Waals surface area contributed by atoms with Gasteiger partial charge in [0.05, 0.1) is 12.9 Å². The first-order valence-electron chi connectivity index (χ1n) is 5.65. The second-order valence-corrected chi connectivity index (χ2v) is 4.27. The minimum Gasteiger partial charge on any atom is -0.394 e. The van der Waals surface area contributed by atoms with Crippen molar-refractivity contribution in [1.82, 2.24) is 19.5 Å². The molecule has 1 aliphatic rings. The third-order valence-corrected chi connectivity index (χ3v) is 3.13. The van der Waals surface area contributed by atoms with Crippen molar-refractivity contribution >= 4 is 17.0 Å². The van der Waals surface area contributed by atoms with Crippen LogP contribution < -0.4 is 5.73 Å². The highest BCUT2D eigenvalue weighted by atomic mass is 19.1. The molecule has 2 aromatic heterocycles. The number of nitrogen functional groups attached to an aromatic ring is 1. The van der Waals surface area contributed by atoms with Crippen LogP contribution in [-0.2, 0) is 4.74 Å². The quantitative estimate of drug-likeness (QED) is 0.639. The molecule has 0 spiro atoms. The van der Waals surface area contributed by atoms with Gasteiger partial charge >= 0.3 is 0 Å². The molecule has 4 atom stereocenters. The lowest BCUT2D eigenvalue weighted by atomic mass is 10.1. The minimum absolute atomic E-state index is 0.187. The van der Waals surface area contributed by atoms with E-state index in [2.05, 4.69) is 15.0 Å². The maximum atomic E-state index is 13.7. The Kier molecular flexibility index (Phi) is 2.81. The molecule has 0 aliphatic carbocycles. The topological polar surface area (TPSA) is 119 Å². The number of aliphatic hydroxyl groups excluding tert-OH is 2. The van der Waals surface area contributed by atoms with Crippen LogP contribution >= 0.6 is 0 Å². The maximum absolute atomic E-state index is 13.7. The van der Waals surface area contributed by atoms with E-state index in [1.54, 1.807) is 0 Å². The summed E-state index contributed by atoms with van der Waals surface area (Å²) in [4.78, 5) is 11.8. The van der Waals surface area contributed by atoms with E-state index in [4.69, 9.17) is 15.6 Å². The average Bonchev–Trinajstić information content (AvgIpc) is 2.94. The van der Waals surface area contributed by atoms with Crippen LogP contribution in [0.25, 0.3) is 11.2 Å². The summed E-state index contributed by atoms with van der Waals surface area (Å²) >= 11 is 0. The normalized spacial score (nSPS) is 31.1. The second kappa shape index (κ2) is 4.37. The summed E-state index contributed by atoms with van der Waals surface area (Å²) in [5, 5.41) is 18.8. The van der Waals surface area contributed by atoms with Gasteiger partial charge in [0.25, 0.3) is 0 Å². The Bertz CT molecular complexity index is 606. The van der Waals surface area contributed by atoms with Gasteiger partial charge in [-0.15, -0.1) is 0 Å². The first-order chi connectivity index (χ1) is 9.13. The lowest BCUT2D eigenvalue weighted by molar-refractivity contribution is -0.0495. The van der Waals surface area contributed by atoms with E-state index in [9.17, 15) is 9.50 Å². The number of nitrogens with zero attached hydrogens (tertiary/aromatic N) is 4. The Balaban J connectivity index is 2.04. The predicted molar refractivity (Wildman–Crippen MR) is 61.6 cm³/mol. The summed E-state index contributed by atoms with van der Waals surface area (Å²) in [7, 11) is 0.